The van der Waals surface area contributed by atoms with E-state index in [0.29, 0.717) is 0 Å². The van der Waals surface area contributed by atoms with Gasteiger partial charge < -0.3 is 9.97 Å². The number of allylic oxidation sites excluding steroid dienone is 4. The van der Waals surface area contributed by atoms with Gasteiger partial charge in [-0.1, -0.05) is 102 Å². The number of hydrogen-bond donors (Lipinski definition) is 0. The van der Waals surface area contributed by atoms with Gasteiger partial charge in [-0.05, 0) is 73.7 Å². The molecule has 0 fully saturated rings. The van der Waals surface area contributed by atoms with Crippen molar-refractivity contribution < 1.29 is 23.0 Å². The van der Waals surface area contributed by atoms with Gasteiger partial charge in [-0.25, -0.2) is 9.97 Å². The summed E-state index contributed by atoms with van der Waals surface area (Å²) in [6.07, 6.45) is 7.60. The van der Waals surface area contributed by atoms with Crippen LogP contribution in [0.2, 0.25) is 0 Å². The van der Waals surface area contributed by atoms with Crippen molar-refractivity contribution in [1.29, 1.82) is 0 Å². The van der Waals surface area contributed by atoms with Crippen LogP contribution in [0, 0.1) is 0 Å². The van der Waals surface area contributed by atoms with E-state index in [0.717, 1.165) is 96.2 Å². The van der Waals surface area contributed by atoms with Crippen molar-refractivity contribution in [1.82, 2.24) is 19.9 Å². The molecule has 8 bridgehead atoms. The fraction of sp³-hybridized carbons (Fsp3) is 0.444. The van der Waals surface area contributed by atoms with Gasteiger partial charge in [0.1, 0.15) is 0 Å². The number of hydrogen-bond acceptors (Lipinski definition) is 2. The summed E-state index contributed by atoms with van der Waals surface area (Å²) in [5, 5.41) is 0. The van der Waals surface area contributed by atoms with E-state index in [1.165, 1.54) is 44.5 Å². The Morgan fingerprint density at radius 2 is 0.651 bits per heavy atom. The van der Waals surface area contributed by atoms with Crippen LogP contribution in [0.25, 0.3) is 44.4 Å². The minimum absolute atomic E-state index is 0.950. The molecule has 0 saturated carbocycles. The maximum absolute atomic E-state index is 9.53. The van der Waals surface area contributed by atoms with Crippen molar-refractivity contribution in [3.05, 3.63) is 69.3 Å². The first kappa shape index (κ1) is 32.9. The topological polar surface area (TPSA) is 54.0 Å². The van der Waals surface area contributed by atoms with Crippen LogP contribution in [-0.2, 0) is 41.5 Å². The van der Waals surface area contributed by atoms with E-state index >= 15 is 0 Å². The molecule has 4 nitrogen and oxygen atoms in total. The van der Waals surface area contributed by atoms with Gasteiger partial charge in [0, 0.05) is 0 Å². The first-order valence-electron chi connectivity index (χ1n) is 15.8. The van der Waals surface area contributed by atoms with E-state index in [1.807, 2.05) is 0 Å². The Hall–Kier alpha value is -3.02. The average molecular weight is 634 g/mol. The van der Waals surface area contributed by atoms with Gasteiger partial charge in [-0.15, -0.1) is 22.1 Å². The van der Waals surface area contributed by atoms with Gasteiger partial charge in [0.05, 0.1) is 22.8 Å². The molecular formula is C36H44CuF2N4-2. The molecule has 0 amide bonds. The van der Waals surface area contributed by atoms with E-state index in [-0.39, 0.29) is 0 Å². The van der Waals surface area contributed by atoms with E-state index in [4.69, 9.17) is 19.9 Å². The fourth-order valence-corrected chi connectivity index (χ4v) is 6.92. The molecule has 0 N–H and O–H groups in total. The molecule has 2 aliphatic heterocycles. The van der Waals surface area contributed by atoms with E-state index < -0.39 is 15.9 Å². The Labute approximate surface area is 262 Å². The summed E-state index contributed by atoms with van der Waals surface area (Å²) in [6, 6.07) is 8.98. The first-order valence-corrected chi connectivity index (χ1v) is 16.5. The van der Waals surface area contributed by atoms with Crippen LogP contribution < -0.4 is 9.97 Å². The Bertz CT molecular complexity index is 1470. The number of aryl methyl sites for hydroxylation is 4. The monoisotopic (exact) mass is 633 g/mol. The molecule has 3 aromatic rings. The fourth-order valence-electron chi connectivity index (χ4n) is 6.92. The molecule has 5 heterocycles. The summed E-state index contributed by atoms with van der Waals surface area (Å²) < 4.78 is 19.1. The Morgan fingerprint density at radius 3 is 0.814 bits per heavy atom. The summed E-state index contributed by atoms with van der Waals surface area (Å²) in [6.45, 7) is 17.9. The summed E-state index contributed by atoms with van der Waals surface area (Å²) >= 11 is -1.19. The Balaban J connectivity index is 0.00000135. The molecule has 43 heavy (non-hydrogen) atoms. The third-order valence-corrected chi connectivity index (χ3v) is 8.82. The van der Waals surface area contributed by atoms with Crippen LogP contribution in [-0.4, -0.2) is 9.97 Å². The summed E-state index contributed by atoms with van der Waals surface area (Å²) in [4.78, 5) is 21.0. The zero-order valence-electron chi connectivity index (χ0n) is 26.8. The van der Waals surface area contributed by atoms with Crippen LogP contribution >= 0.6 is 0 Å². The Morgan fingerprint density at radius 1 is 0.442 bits per heavy atom. The van der Waals surface area contributed by atoms with Gasteiger partial charge in [-0.2, -0.15) is 0 Å². The molecule has 0 unspecified atom stereocenters. The van der Waals surface area contributed by atoms with Crippen LogP contribution in [0.5, 0.6) is 0 Å². The second-order valence-electron chi connectivity index (χ2n) is 10.8. The quantitative estimate of drug-likeness (QED) is 0.232. The predicted octanol–water partition coefficient (Wildman–Crippen LogP) is 10.1. The molecule has 0 saturated heterocycles. The van der Waals surface area contributed by atoms with Gasteiger partial charge >= 0.3 is 23.0 Å². The maximum atomic E-state index is 9.53. The molecule has 0 spiro atoms. The van der Waals surface area contributed by atoms with Gasteiger partial charge in [0.25, 0.3) is 0 Å². The molecular weight excluding hydrogens is 590 g/mol. The van der Waals surface area contributed by atoms with Gasteiger partial charge in [-0.3, -0.25) is 0 Å². The number of nitrogens with zero attached hydrogens (tertiary/aromatic N) is 4. The first-order chi connectivity index (χ1) is 20.9. The Kier molecular flexibility index (Phi) is 11.2. The molecule has 235 valence electrons. The predicted molar refractivity (Wildman–Crippen MR) is 173 cm³/mol. The third kappa shape index (κ3) is 6.17. The van der Waals surface area contributed by atoms with Crippen LogP contribution in [0.3, 0.4) is 0 Å². The van der Waals surface area contributed by atoms with Crippen molar-refractivity contribution in [2.45, 2.75) is 107 Å². The average Bonchev–Trinajstić information content (AvgIpc) is 3.72. The van der Waals surface area contributed by atoms with E-state index in [2.05, 4.69) is 79.7 Å². The SMILES string of the molecule is CCC1=C(CC)c2cc3[n-]c(cc4nc(cc5[n-]c(cc1n2)c(CC)c5CC)C(CC)=C4CC)c(CC)c3CC.[F][Cu][F]. The number of aromatic nitrogens is 4. The minimum atomic E-state index is -1.19. The molecule has 0 aliphatic carbocycles. The van der Waals surface area contributed by atoms with Crippen molar-refractivity contribution >= 4 is 44.4 Å². The standard InChI is InChI=1S/C36H44N4.Cu.2FH/c1-9-21-22(10-2)30-18-32-25(13-5)26(14-6)34(39-32)20-36-28(16-8)27(15-7)35(40-36)19-33-24(12-4)23(11-3)31(38-33)17-29(21)37-30;;;/h17-20H,9-16H2,1-8H3;;2*1H/q-2;+2;;/p-2. The molecule has 7 heteroatoms. The number of halogens is 2. The zero-order chi connectivity index (χ0) is 31.3. The zero-order valence-corrected chi connectivity index (χ0v) is 27.8. The molecule has 0 atom stereocenters. The molecule has 0 aromatic carbocycles. The van der Waals surface area contributed by atoms with E-state index in [1.54, 1.807) is 0 Å². The molecule has 3 aromatic heterocycles. The second-order valence-corrected chi connectivity index (χ2v) is 10.9. The summed E-state index contributed by atoms with van der Waals surface area (Å²) in [5.74, 6) is 0. The summed E-state index contributed by atoms with van der Waals surface area (Å²) in [7, 11) is 0. The van der Waals surface area contributed by atoms with Crippen molar-refractivity contribution in [3.63, 3.8) is 0 Å². The van der Waals surface area contributed by atoms with Gasteiger partial charge in [0.15, 0.2) is 0 Å². The van der Waals surface area contributed by atoms with E-state index in [9.17, 15) is 7.10 Å². The number of fused-ring (bicyclic) bond motifs is 8. The molecule has 2 aliphatic rings. The normalized spacial score (nSPS) is 13.2. The van der Waals surface area contributed by atoms with Crippen molar-refractivity contribution in [3.8, 4) is 0 Å². The second kappa shape index (κ2) is 14.6. The third-order valence-electron chi connectivity index (χ3n) is 8.82. The van der Waals surface area contributed by atoms with Gasteiger partial charge in [0.2, 0.25) is 0 Å². The number of rotatable bonds is 8. The van der Waals surface area contributed by atoms with Crippen LogP contribution in [0.4, 0.5) is 7.10 Å². The van der Waals surface area contributed by atoms with Crippen molar-refractivity contribution in [2.75, 3.05) is 0 Å². The molecule has 5 rings (SSSR count). The molecule has 0 radical (unpaired) electrons. The summed E-state index contributed by atoms with van der Waals surface area (Å²) in [5.41, 5.74) is 19.1. The van der Waals surface area contributed by atoms with Crippen LogP contribution in [0.1, 0.15) is 126 Å². The van der Waals surface area contributed by atoms with Crippen molar-refractivity contribution in [2.24, 2.45) is 0 Å². The van der Waals surface area contributed by atoms with Crippen LogP contribution in [0.15, 0.2) is 24.3 Å².